The van der Waals surface area contributed by atoms with Crippen molar-refractivity contribution in [3.05, 3.63) is 29.3 Å². The summed E-state index contributed by atoms with van der Waals surface area (Å²) in [6.07, 6.45) is 6.60. The van der Waals surface area contributed by atoms with E-state index in [1.165, 1.54) is 36.8 Å². The van der Waals surface area contributed by atoms with Gasteiger partial charge in [0.25, 0.3) is 0 Å². The molecule has 0 aromatic heterocycles. The molecule has 1 atom stereocenters. The molecule has 1 N–H and O–H groups in total. The average molecular weight is 261 g/mol. The van der Waals surface area contributed by atoms with E-state index >= 15 is 0 Å². The highest BCUT2D eigenvalue weighted by atomic mass is 16.5. The second-order valence-electron chi connectivity index (χ2n) is 5.64. The van der Waals surface area contributed by atoms with Crippen LogP contribution in [-0.2, 0) is 6.42 Å². The van der Waals surface area contributed by atoms with Gasteiger partial charge in [0.2, 0.25) is 0 Å². The van der Waals surface area contributed by atoms with Gasteiger partial charge in [-0.3, -0.25) is 0 Å². The molecule has 1 unspecified atom stereocenters. The van der Waals surface area contributed by atoms with Gasteiger partial charge in [-0.15, -0.1) is 0 Å². The molecule has 0 bridgehead atoms. The van der Waals surface area contributed by atoms with Gasteiger partial charge in [0.15, 0.2) is 0 Å². The van der Waals surface area contributed by atoms with Gasteiger partial charge >= 0.3 is 0 Å². The average Bonchev–Trinajstić information content (AvgIpc) is 2.98. The predicted octanol–water partition coefficient (Wildman–Crippen LogP) is 3.75. The van der Waals surface area contributed by atoms with Gasteiger partial charge in [0.05, 0.1) is 7.11 Å². The number of hydrogen-bond donors (Lipinski definition) is 1. The third-order valence-corrected chi connectivity index (χ3v) is 4.49. The van der Waals surface area contributed by atoms with Gasteiger partial charge in [0.1, 0.15) is 5.75 Å². The number of rotatable bonds is 6. The first-order valence-electron chi connectivity index (χ1n) is 7.61. The van der Waals surface area contributed by atoms with Crippen molar-refractivity contribution in [1.82, 2.24) is 5.32 Å². The molecule has 0 amide bonds. The second kappa shape index (κ2) is 6.95. The molecule has 1 aliphatic carbocycles. The first-order valence-corrected chi connectivity index (χ1v) is 7.61. The van der Waals surface area contributed by atoms with Crippen molar-refractivity contribution in [3.8, 4) is 5.75 Å². The normalized spacial score (nSPS) is 17.6. The largest absolute Gasteiger partial charge is 0.496 e. The summed E-state index contributed by atoms with van der Waals surface area (Å²) >= 11 is 0. The fraction of sp³-hybridized carbons (Fsp3) is 0.647. The van der Waals surface area contributed by atoms with E-state index in [0.717, 1.165) is 24.6 Å². The smallest absolute Gasteiger partial charge is 0.122 e. The topological polar surface area (TPSA) is 21.3 Å². The lowest BCUT2D eigenvalue weighted by molar-refractivity contribution is 0.377. The van der Waals surface area contributed by atoms with Crippen LogP contribution in [0.15, 0.2) is 18.2 Å². The van der Waals surface area contributed by atoms with Gasteiger partial charge in [-0.1, -0.05) is 31.9 Å². The van der Waals surface area contributed by atoms with Gasteiger partial charge in [-0.25, -0.2) is 0 Å². The van der Waals surface area contributed by atoms with E-state index in [1.54, 1.807) is 7.11 Å². The molecule has 0 radical (unpaired) electrons. The highest BCUT2D eigenvalue weighted by Gasteiger charge is 2.28. The predicted molar refractivity (Wildman–Crippen MR) is 81.0 cm³/mol. The lowest BCUT2D eigenvalue weighted by Crippen LogP contribution is -2.23. The Kier molecular flexibility index (Phi) is 5.26. The number of hydrogen-bond acceptors (Lipinski definition) is 2. The summed E-state index contributed by atoms with van der Waals surface area (Å²) in [7, 11) is 3.84. The van der Waals surface area contributed by atoms with Crippen molar-refractivity contribution < 1.29 is 4.74 Å². The first kappa shape index (κ1) is 14.4. The van der Waals surface area contributed by atoms with Crippen molar-refractivity contribution >= 4 is 0 Å². The molecule has 1 aromatic rings. The van der Waals surface area contributed by atoms with Crippen LogP contribution in [-0.4, -0.2) is 20.7 Å². The lowest BCUT2D eigenvalue weighted by atomic mass is 9.83. The van der Waals surface area contributed by atoms with Crippen LogP contribution in [0.25, 0.3) is 0 Å². The third-order valence-electron chi connectivity index (χ3n) is 4.49. The van der Waals surface area contributed by atoms with Crippen LogP contribution in [0.2, 0.25) is 0 Å². The van der Waals surface area contributed by atoms with Crippen LogP contribution in [0, 0.1) is 5.92 Å². The van der Waals surface area contributed by atoms with E-state index < -0.39 is 0 Å². The van der Waals surface area contributed by atoms with E-state index in [1.807, 2.05) is 0 Å². The number of methoxy groups -OCH3 is 1. The summed E-state index contributed by atoms with van der Waals surface area (Å²) in [5.74, 6) is 2.46. The van der Waals surface area contributed by atoms with Crippen molar-refractivity contribution in [3.63, 3.8) is 0 Å². The van der Waals surface area contributed by atoms with Crippen molar-refractivity contribution in [2.24, 2.45) is 5.92 Å². The summed E-state index contributed by atoms with van der Waals surface area (Å²) in [5, 5.41) is 3.38. The quantitative estimate of drug-likeness (QED) is 0.842. The fourth-order valence-corrected chi connectivity index (χ4v) is 3.40. The van der Waals surface area contributed by atoms with Crippen LogP contribution in [0.5, 0.6) is 5.75 Å². The molecule has 0 aliphatic heterocycles. The molecule has 2 heteroatoms. The molecular weight excluding hydrogens is 234 g/mol. The van der Waals surface area contributed by atoms with Gasteiger partial charge in [0, 0.05) is 12.5 Å². The fourth-order valence-electron chi connectivity index (χ4n) is 3.40. The highest BCUT2D eigenvalue weighted by Crippen LogP contribution is 2.40. The number of benzene rings is 1. The van der Waals surface area contributed by atoms with Gasteiger partial charge in [-0.05, 0) is 49.4 Å². The standard InChI is InChI=1S/C17H27NO/c1-4-13-9-10-17(19-3)15(11-13)16(12-18-2)14-7-5-6-8-14/h9-11,14,16,18H,4-8,12H2,1-3H3. The van der Waals surface area contributed by atoms with Crippen LogP contribution >= 0.6 is 0 Å². The SMILES string of the molecule is CCc1ccc(OC)c(C(CNC)C2CCCC2)c1. The molecule has 1 fully saturated rings. The molecule has 19 heavy (non-hydrogen) atoms. The summed E-state index contributed by atoms with van der Waals surface area (Å²) in [6, 6.07) is 6.69. The van der Waals surface area contributed by atoms with E-state index in [0.29, 0.717) is 5.92 Å². The second-order valence-corrected chi connectivity index (χ2v) is 5.64. The van der Waals surface area contributed by atoms with E-state index in [-0.39, 0.29) is 0 Å². The lowest BCUT2D eigenvalue weighted by Gasteiger charge is -2.26. The van der Waals surface area contributed by atoms with Crippen LogP contribution in [0.1, 0.15) is 49.7 Å². The number of aryl methyl sites for hydroxylation is 1. The molecule has 0 saturated heterocycles. The number of likely N-dealkylation sites (N-methyl/N-ethyl adjacent to an activating group) is 1. The number of nitrogens with one attached hydrogen (secondary N) is 1. The zero-order valence-electron chi connectivity index (χ0n) is 12.5. The van der Waals surface area contributed by atoms with Crippen LogP contribution < -0.4 is 10.1 Å². The van der Waals surface area contributed by atoms with E-state index in [2.05, 4.69) is 37.5 Å². The van der Waals surface area contributed by atoms with E-state index in [4.69, 9.17) is 4.74 Å². The number of ether oxygens (including phenoxy) is 1. The molecule has 0 spiro atoms. The molecular formula is C17H27NO. The van der Waals surface area contributed by atoms with Crippen LogP contribution in [0.3, 0.4) is 0 Å². The Balaban J connectivity index is 2.32. The molecule has 1 aromatic carbocycles. The van der Waals surface area contributed by atoms with Gasteiger partial charge in [-0.2, -0.15) is 0 Å². The zero-order valence-corrected chi connectivity index (χ0v) is 12.5. The monoisotopic (exact) mass is 261 g/mol. The first-order chi connectivity index (χ1) is 9.30. The maximum atomic E-state index is 5.60. The minimum Gasteiger partial charge on any atom is -0.496 e. The Morgan fingerprint density at radius 2 is 2.05 bits per heavy atom. The molecule has 1 aliphatic rings. The molecule has 106 valence electrons. The molecule has 0 heterocycles. The van der Waals surface area contributed by atoms with E-state index in [9.17, 15) is 0 Å². The maximum absolute atomic E-state index is 5.60. The summed E-state index contributed by atoms with van der Waals surface area (Å²) in [5.41, 5.74) is 2.82. The third kappa shape index (κ3) is 3.30. The maximum Gasteiger partial charge on any atom is 0.122 e. The Morgan fingerprint density at radius 3 is 2.63 bits per heavy atom. The Morgan fingerprint density at radius 1 is 1.32 bits per heavy atom. The van der Waals surface area contributed by atoms with Crippen molar-refractivity contribution in [2.75, 3.05) is 20.7 Å². The molecule has 2 rings (SSSR count). The minimum absolute atomic E-state index is 0.592. The summed E-state index contributed by atoms with van der Waals surface area (Å²) in [4.78, 5) is 0. The molecule has 2 nitrogen and oxygen atoms in total. The Bertz CT molecular complexity index is 396. The highest BCUT2D eigenvalue weighted by molar-refractivity contribution is 5.40. The summed E-state index contributed by atoms with van der Waals surface area (Å²) < 4.78 is 5.60. The van der Waals surface area contributed by atoms with Crippen molar-refractivity contribution in [2.45, 2.75) is 44.9 Å². The van der Waals surface area contributed by atoms with Gasteiger partial charge < -0.3 is 10.1 Å². The zero-order chi connectivity index (χ0) is 13.7. The summed E-state index contributed by atoms with van der Waals surface area (Å²) in [6.45, 7) is 3.27. The Labute approximate surface area is 117 Å². The van der Waals surface area contributed by atoms with Crippen molar-refractivity contribution in [1.29, 1.82) is 0 Å². The van der Waals surface area contributed by atoms with Crippen LogP contribution in [0.4, 0.5) is 0 Å². The minimum atomic E-state index is 0.592. The molecule has 1 saturated carbocycles. The Hall–Kier alpha value is -1.02.